The van der Waals surface area contributed by atoms with Gasteiger partial charge in [-0.2, -0.15) is 0 Å². The summed E-state index contributed by atoms with van der Waals surface area (Å²) in [6, 6.07) is 12.1. The van der Waals surface area contributed by atoms with Gasteiger partial charge in [-0.1, -0.05) is 32.9 Å². The van der Waals surface area contributed by atoms with Gasteiger partial charge in [-0.05, 0) is 49.1 Å². The third kappa shape index (κ3) is 4.42. The van der Waals surface area contributed by atoms with Crippen LogP contribution in [0.2, 0.25) is 0 Å². The van der Waals surface area contributed by atoms with Gasteiger partial charge in [0.25, 0.3) is 0 Å². The second kappa shape index (κ2) is 7.28. The Hall–Kier alpha value is -3.28. The standard InChI is InChI=1S/C23H24O6/c1-22(2,3)14-6-8-15(9-7-14)28-19-13-27-18-12-16(10-11-17(18)20(19)24)29-23(4,5)21(25)26/h6-13H,1-5H3,(H,25,26). The van der Waals surface area contributed by atoms with E-state index in [9.17, 15) is 14.7 Å². The quantitative estimate of drug-likeness (QED) is 0.644. The molecule has 152 valence electrons. The molecule has 0 unspecified atom stereocenters. The predicted molar refractivity (Wildman–Crippen MR) is 110 cm³/mol. The van der Waals surface area contributed by atoms with E-state index in [1.165, 1.54) is 38.3 Å². The summed E-state index contributed by atoms with van der Waals surface area (Å²) in [6.45, 7) is 9.25. The maximum absolute atomic E-state index is 12.7. The lowest BCUT2D eigenvalue weighted by Crippen LogP contribution is -2.37. The molecule has 0 radical (unpaired) electrons. The Morgan fingerprint density at radius 2 is 1.59 bits per heavy atom. The highest BCUT2D eigenvalue weighted by molar-refractivity contribution is 5.80. The number of hydrogen-bond donors (Lipinski definition) is 1. The number of benzene rings is 2. The molecular formula is C23H24O6. The van der Waals surface area contributed by atoms with E-state index in [1.807, 2.05) is 24.3 Å². The van der Waals surface area contributed by atoms with Crippen LogP contribution in [0.3, 0.4) is 0 Å². The summed E-state index contributed by atoms with van der Waals surface area (Å²) >= 11 is 0. The third-order valence-corrected chi connectivity index (χ3v) is 4.55. The van der Waals surface area contributed by atoms with Gasteiger partial charge >= 0.3 is 5.97 Å². The van der Waals surface area contributed by atoms with Crippen molar-refractivity contribution in [1.29, 1.82) is 0 Å². The van der Waals surface area contributed by atoms with Crippen LogP contribution in [0.25, 0.3) is 11.0 Å². The number of carboxylic acids is 1. The average molecular weight is 396 g/mol. The molecule has 0 aliphatic rings. The molecule has 0 saturated heterocycles. The number of carboxylic acid groups (broad SMARTS) is 1. The van der Waals surface area contributed by atoms with Gasteiger partial charge in [-0.3, -0.25) is 4.79 Å². The van der Waals surface area contributed by atoms with Crippen LogP contribution in [0, 0.1) is 0 Å². The molecule has 0 amide bonds. The van der Waals surface area contributed by atoms with E-state index in [2.05, 4.69) is 20.8 Å². The van der Waals surface area contributed by atoms with Gasteiger partial charge in [0.15, 0.2) is 5.60 Å². The topological polar surface area (TPSA) is 86.0 Å². The van der Waals surface area contributed by atoms with Crippen molar-refractivity contribution >= 4 is 16.9 Å². The van der Waals surface area contributed by atoms with Crippen LogP contribution in [0.5, 0.6) is 17.2 Å². The van der Waals surface area contributed by atoms with E-state index in [0.29, 0.717) is 16.9 Å². The SMILES string of the molecule is CC(C)(Oc1ccc2c(=O)c(Oc3ccc(C(C)(C)C)cc3)coc2c1)C(=O)O. The van der Waals surface area contributed by atoms with E-state index < -0.39 is 11.6 Å². The monoisotopic (exact) mass is 396 g/mol. The fraction of sp³-hybridized carbons (Fsp3) is 0.304. The Labute approximate surface area is 168 Å². The summed E-state index contributed by atoms with van der Waals surface area (Å²) in [5.41, 5.74) is -0.266. The molecule has 6 nitrogen and oxygen atoms in total. The molecule has 2 aromatic carbocycles. The summed E-state index contributed by atoms with van der Waals surface area (Å²) in [5, 5.41) is 9.50. The molecule has 1 aromatic heterocycles. The Bertz CT molecular complexity index is 1100. The lowest BCUT2D eigenvalue weighted by Gasteiger charge is -2.21. The summed E-state index contributed by atoms with van der Waals surface area (Å²) in [7, 11) is 0. The Kier molecular flexibility index (Phi) is 5.13. The molecule has 29 heavy (non-hydrogen) atoms. The fourth-order valence-corrected chi connectivity index (χ4v) is 2.71. The Morgan fingerprint density at radius 3 is 2.17 bits per heavy atom. The lowest BCUT2D eigenvalue weighted by atomic mass is 9.87. The number of ether oxygens (including phenoxy) is 2. The van der Waals surface area contributed by atoms with Crippen molar-refractivity contribution in [3.63, 3.8) is 0 Å². The molecule has 6 heteroatoms. The Morgan fingerprint density at radius 1 is 0.966 bits per heavy atom. The summed E-state index contributed by atoms with van der Waals surface area (Å²) < 4.78 is 16.7. The van der Waals surface area contributed by atoms with Crippen LogP contribution in [0.15, 0.2) is 57.9 Å². The molecule has 0 atom stereocenters. The summed E-state index contributed by atoms with van der Waals surface area (Å²) in [5.74, 6) is -0.201. The molecule has 0 fully saturated rings. The van der Waals surface area contributed by atoms with Crippen LogP contribution in [0.1, 0.15) is 40.2 Å². The first-order valence-electron chi connectivity index (χ1n) is 9.24. The minimum Gasteiger partial charge on any atom is -0.478 e. The summed E-state index contributed by atoms with van der Waals surface area (Å²) in [6.07, 6.45) is 1.24. The smallest absolute Gasteiger partial charge is 0.347 e. The van der Waals surface area contributed by atoms with Gasteiger partial charge in [-0.25, -0.2) is 4.79 Å². The van der Waals surface area contributed by atoms with E-state index in [1.54, 1.807) is 0 Å². The lowest BCUT2D eigenvalue weighted by molar-refractivity contribution is -0.152. The van der Waals surface area contributed by atoms with Crippen molar-refractivity contribution in [3.8, 4) is 17.2 Å². The van der Waals surface area contributed by atoms with Crippen molar-refractivity contribution in [3.05, 3.63) is 64.5 Å². The van der Waals surface area contributed by atoms with E-state index in [4.69, 9.17) is 13.9 Å². The second-order valence-electron chi connectivity index (χ2n) is 8.38. The van der Waals surface area contributed by atoms with Gasteiger partial charge in [0.1, 0.15) is 23.3 Å². The molecule has 0 spiro atoms. The van der Waals surface area contributed by atoms with Gasteiger partial charge in [0.05, 0.1) is 5.39 Å². The van der Waals surface area contributed by atoms with Crippen molar-refractivity contribution in [2.24, 2.45) is 0 Å². The number of rotatable bonds is 5. The number of hydrogen-bond acceptors (Lipinski definition) is 5. The first-order chi connectivity index (χ1) is 13.5. The van der Waals surface area contributed by atoms with Crippen molar-refractivity contribution in [2.75, 3.05) is 0 Å². The van der Waals surface area contributed by atoms with Gasteiger partial charge in [0.2, 0.25) is 11.2 Å². The van der Waals surface area contributed by atoms with E-state index in [-0.39, 0.29) is 22.2 Å². The second-order valence-corrected chi connectivity index (χ2v) is 8.38. The van der Waals surface area contributed by atoms with Crippen LogP contribution in [-0.4, -0.2) is 16.7 Å². The number of carbonyl (C=O) groups is 1. The molecule has 0 saturated carbocycles. The highest BCUT2D eigenvalue weighted by atomic mass is 16.5. The zero-order valence-corrected chi connectivity index (χ0v) is 17.1. The van der Waals surface area contributed by atoms with E-state index >= 15 is 0 Å². The molecule has 3 rings (SSSR count). The molecular weight excluding hydrogens is 372 g/mol. The van der Waals surface area contributed by atoms with Crippen molar-refractivity contribution in [2.45, 2.75) is 45.6 Å². The zero-order chi connectivity index (χ0) is 21.4. The maximum atomic E-state index is 12.7. The molecule has 1 N–H and O–H groups in total. The number of fused-ring (bicyclic) bond motifs is 1. The van der Waals surface area contributed by atoms with Gasteiger partial charge in [0, 0.05) is 6.07 Å². The molecule has 1 heterocycles. The fourth-order valence-electron chi connectivity index (χ4n) is 2.71. The highest BCUT2D eigenvalue weighted by Gasteiger charge is 2.29. The van der Waals surface area contributed by atoms with Crippen molar-refractivity contribution < 1.29 is 23.8 Å². The van der Waals surface area contributed by atoms with Crippen LogP contribution in [-0.2, 0) is 10.2 Å². The van der Waals surface area contributed by atoms with Gasteiger partial charge < -0.3 is 19.0 Å². The minimum atomic E-state index is -1.41. The average Bonchev–Trinajstić information content (AvgIpc) is 2.63. The predicted octanol–water partition coefficient (Wildman–Crippen LogP) is 5.12. The molecule has 0 aliphatic carbocycles. The first kappa shape index (κ1) is 20.5. The third-order valence-electron chi connectivity index (χ3n) is 4.55. The molecule has 0 aliphatic heterocycles. The Balaban J connectivity index is 1.88. The maximum Gasteiger partial charge on any atom is 0.347 e. The van der Waals surface area contributed by atoms with Crippen molar-refractivity contribution in [1.82, 2.24) is 0 Å². The number of aliphatic carboxylic acids is 1. The van der Waals surface area contributed by atoms with Crippen LogP contribution >= 0.6 is 0 Å². The summed E-state index contributed by atoms with van der Waals surface area (Å²) in [4.78, 5) is 24.0. The van der Waals surface area contributed by atoms with Gasteiger partial charge in [-0.15, -0.1) is 0 Å². The highest BCUT2D eigenvalue weighted by Crippen LogP contribution is 2.28. The first-order valence-corrected chi connectivity index (χ1v) is 9.24. The molecule has 0 bridgehead atoms. The normalized spacial score (nSPS) is 12.0. The van der Waals surface area contributed by atoms with E-state index in [0.717, 1.165) is 5.56 Å². The minimum absolute atomic E-state index is 0.0233. The van der Waals surface area contributed by atoms with Crippen LogP contribution < -0.4 is 14.9 Å². The van der Waals surface area contributed by atoms with Crippen LogP contribution in [0.4, 0.5) is 0 Å². The zero-order valence-electron chi connectivity index (χ0n) is 17.1. The largest absolute Gasteiger partial charge is 0.478 e. The molecule has 3 aromatic rings.